The Morgan fingerprint density at radius 1 is 0.658 bits per heavy atom. The fraction of sp³-hybridized carbons (Fsp3) is 0.451. The lowest BCUT2D eigenvalue weighted by Crippen LogP contribution is -2.60. The Balaban J connectivity index is 1.67. The van der Waals surface area contributed by atoms with Gasteiger partial charge in [0.1, 0.15) is 42.3 Å². The smallest absolute Gasteiger partial charge is 0.244 e. The first-order chi connectivity index (χ1) is 36.5. The van der Waals surface area contributed by atoms with E-state index in [4.69, 9.17) is 29.2 Å². The maximum Gasteiger partial charge on any atom is 0.244 e. The zero-order chi connectivity index (χ0) is 55.4. The van der Waals surface area contributed by atoms with Crippen molar-refractivity contribution in [3.8, 4) is 12.3 Å². The molecular weight excluding hydrogens is 979 g/mol. The van der Waals surface area contributed by atoms with E-state index in [1.165, 1.54) is 19.4 Å². The Hall–Kier alpha value is -8.91. The van der Waals surface area contributed by atoms with E-state index < -0.39 is 89.6 Å². The van der Waals surface area contributed by atoms with E-state index in [0.717, 1.165) is 17.3 Å². The molecule has 2 aromatic heterocycles. The van der Waals surface area contributed by atoms with E-state index in [0.29, 0.717) is 42.5 Å². The molecule has 0 spiro atoms. The Morgan fingerprint density at radius 2 is 1.21 bits per heavy atom. The lowest BCUT2D eigenvalue weighted by atomic mass is 10.0. The number of aliphatic imine (C=N–C) groups is 1. The minimum absolute atomic E-state index is 0.0497. The van der Waals surface area contributed by atoms with Gasteiger partial charge in [0, 0.05) is 79.6 Å². The van der Waals surface area contributed by atoms with E-state index in [-0.39, 0.29) is 64.0 Å². The van der Waals surface area contributed by atoms with Gasteiger partial charge in [-0.25, -0.2) is 4.98 Å². The number of benzene rings is 2. The topological polar surface area (TPSA) is 404 Å². The number of aromatic nitrogens is 3. The van der Waals surface area contributed by atoms with Gasteiger partial charge in [0.2, 0.25) is 47.3 Å². The molecule has 0 saturated heterocycles. The molecule has 0 aliphatic heterocycles. The van der Waals surface area contributed by atoms with Gasteiger partial charge >= 0.3 is 0 Å². The average molecular weight is 1050 g/mol. The number of guanidine groups is 1. The number of nitrogens with one attached hydrogen (secondary N) is 9. The van der Waals surface area contributed by atoms with Gasteiger partial charge in [0.25, 0.3) is 0 Å². The molecule has 2 aromatic carbocycles. The highest BCUT2D eigenvalue weighted by Crippen LogP contribution is 2.20. The van der Waals surface area contributed by atoms with Crippen LogP contribution in [0.25, 0.3) is 21.3 Å². The van der Waals surface area contributed by atoms with Crippen LogP contribution in [0.2, 0.25) is 0 Å². The average Bonchev–Trinajstić information content (AvgIpc) is 4.07. The number of hydrogen-bond acceptors (Lipinski definition) is 11. The van der Waals surface area contributed by atoms with Crippen molar-refractivity contribution in [3.63, 3.8) is 0 Å². The predicted octanol–water partition coefficient (Wildman–Crippen LogP) is 0.565. The highest BCUT2D eigenvalue weighted by atomic mass is 16.2. The van der Waals surface area contributed by atoms with Gasteiger partial charge in [0.05, 0.1) is 6.33 Å². The summed E-state index contributed by atoms with van der Waals surface area (Å²) in [6.07, 6.45) is 12.1. The number of azide groups is 1. The number of amides is 8. The van der Waals surface area contributed by atoms with Crippen molar-refractivity contribution in [1.82, 2.24) is 52.2 Å². The molecule has 0 aliphatic rings. The van der Waals surface area contributed by atoms with Gasteiger partial charge in [-0.1, -0.05) is 79.8 Å². The third-order valence-corrected chi connectivity index (χ3v) is 12.1. The summed E-state index contributed by atoms with van der Waals surface area (Å²) in [6.45, 7) is 3.40. The number of rotatable bonds is 33. The molecule has 406 valence electrons. The highest BCUT2D eigenvalue weighted by Gasteiger charge is 2.34. The van der Waals surface area contributed by atoms with Gasteiger partial charge in [-0.05, 0) is 54.8 Å². The first-order valence-electron chi connectivity index (χ1n) is 25.0. The van der Waals surface area contributed by atoms with Crippen LogP contribution in [0.3, 0.4) is 0 Å². The second-order valence-corrected chi connectivity index (χ2v) is 18.0. The van der Waals surface area contributed by atoms with Crippen molar-refractivity contribution in [3.05, 3.63) is 101 Å². The van der Waals surface area contributed by atoms with Gasteiger partial charge in [-0.15, -0.1) is 12.3 Å². The number of nitrogens with zero attached hydrogens (tertiary/aromatic N) is 5. The number of imidazole rings is 1. The maximum absolute atomic E-state index is 14.7. The number of nitrogens with two attached hydrogens (primary N) is 3. The maximum atomic E-state index is 14.7. The van der Waals surface area contributed by atoms with Crippen LogP contribution < -0.4 is 54.4 Å². The largest absolute Gasteiger partial charge is 0.370 e. The Labute approximate surface area is 439 Å². The monoisotopic (exact) mass is 1050 g/mol. The van der Waals surface area contributed by atoms with Gasteiger partial charge in [-0.2, -0.15) is 0 Å². The van der Waals surface area contributed by atoms with Crippen molar-refractivity contribution in [2.24, 2.45) is 27.3 Å². The van der Waals surface area contributed by atoms with E-state index in [1.54, 1.807) is 36.5 Å². The summed E-state index contributed by atoms with van der Waals surface area (Å²) >= 11 is 0. The molecule has 0 unspecified atom stereocenters. The molecule has 0 saturated carbocycles. The van der Waals surface area contributed by atoms with Crippen LogP contribution in [0.15, 0.2) is 83.4 Å². The third kappa shape index (κ3) is 20.2. The lowest BCUT2D eigenvalue weighted by Gasteiger charge is -2.28. The normalized spacial score (nSPS) is 13.5. The number of carbonyl (C=O) groups is 8. The molecule has 15 N–H and O–H groups in total. The van der Waals surface area contributed by atoms with Crippen molar-refractivity contribution in [1.29, 1.82) is 0 Å². The second-order valence-electron chi connectivity index (χ2n) is 18.0. The zero-order valence-electron chi connectivity index (χ0n) is 42.7. The fourth-order valence-corrected chi connectivity index (χ4v) is 8.13. The molecule has 4 rings (SSSR count). The summed E-state index contributed by atoms with van der Waals surface area (Å²) < 4.78 is 0. The summed E-state index contributed by atoms with van der Waals surface area (Å²) in [5, 5.41) is 23.1. The molecule has 25 heteroatoms. The van der Waals surface area contributed by atoms with Gasteiger partial charge < -0.3 is 64.4 Å². The van der Waals surface area contributed by atoms with Gasteiger partial charge in [-0.3, -0.25) is 43.3 Å². The number of primary amides is 1. The summed E-state index contributed by atoms with van der Waals surface area (Å²) in [7, 11) is 0. The minimum atomic E-state index is -1.40. The minimum Gasteiger partial charge on any atom is -0.370 e. The van der Waals surface area contributed by atoms with Crippen molar-refractivity contribution in [2.75, 3.05) is 13.1 Å². The molecule has 8 amide bonds. The standard InChI is InChI=1S/C51H69N17O8/c1-4-6-19-39(61-31(3)69)46(72)63-38(15-5-2)45(71)67-43(27-34-29-56-30-59-34)50(76)65-41(25-32-16-8-7-9-17-32)48(74)64-40(22-14-23-57-51(53)54)47(73)66-42(26-33-28-58-36-20-11-10-18-35(33)36)49(75)62-37(44(52)70)21-12-13-24-60-68-55/h2,7-11,16-18,20,28-30,37-43,58H,4,6,12-15,19,21-27H2,1,3H3,(H2,52,70)(H,56,59)(H,61,69)(H,62,75)(H,63,72)(H,64,74)(H,65,76)(H,66,73)(H,67,71)(H4,53,54,57)/t37-,38-,39-,40-,41+,42-,43-/m0/s1. The van der Waals surface area contributed by atoms with Crippen LogP contribution in [-0.4, -0.2) is 124 Å². The molecule has 0 aliphatic carbocycles. The van der Waals surface area contributed by atoms with E-state index in [2.05, 4.69) is 73.1 Å². The van der Waals surface area contributed by atoms with Crippen molar-refractivity contribution < 1.29 is 38.4 Å². The Morgan fingerprint density at radius 3 is 1.82 bits per heavy atom. The molecule has 0 radical (unpaired) electrons. The van der Waals surface area contributed by atoms with Crippen molar-refractivity contribution >= 4 is 64.1 Å². The highest BCUT2D eigenvalue weighted by molar-refractivity contribution is 5.98. The van der Waals surface area contributed by atoms with Crippen LogP contribution in [0.1, 0.15) is 88.5 Å². The van der Waals surface area contributed by atoms with Crippen LogP contribution in [-0.2, 0) is 57.6 Å². The first kappa shape index (κ1) is 59.7. The number of para-hydroxylation sites is 1. The fourth-order valence-electron chi connectivity index (χ4n) is 8.13. The Bertz CT molecular complexity index is 2690. The molecule has 0 bridgehead atoms. The van der Waals surface area contributed by atoms with Crippen LogP contribution >= 0.6 is 0 Å². The van der Waals surface area contributed by atoms with Gasteiger partial charge in [0.15, 0.2) is 5.96 Å². The summed E-state index contributed by atoms with van der Waals surface area (Å²) in [6, 6.07) is 7.02. The summed E-state index contributed by atoms with van der Waals surface area (Å²) in [5.74, 6) is -3.83. The van der Waals surface area contributed by atoms with Crippen LogP contribution in [0, 0.1) is 12.3 Å². The number of fused-ring (bicyclic) bond motifs is 1. The summed E-state index contributed by atoms with van der Waals surface area (Å²) in [5.41, 5.74) is 28.0. The van der Waals surface area contributed by atoms with E-state index in [1.807, 2.05) is 31.2 Å². The molecule has 25 nitrogen and oxygen atoms in total. The van der Waals surface area contributed by atoms with Crippen LogP contribution in [0.4, 0.5) is 0 Å². The number of terminal acetylenes is 1. The summed E-state index contributed by atoms with van der Waals surface area (Å²) in [4.78, 5) is 127. The third-order valence-electron chi connectivity index (χ3n) is 12.1. The number of H-pyrrole nitrogens is 2. The quantitative estimate of drug-likeness (QED) is 0.00595. The first-order valence-corrected chi connectivity index (χ1v) is 25.0. The Kier molecular flexibility index (Phi) is 24.8. The molecule has 76 heavy (non-hydrogen) atoms. The SMILES string of the molecule is C#CC[C@H](NC(=O)[C@H](CCCC)NC(C)=O)C(=O)N[C@@H](Cc1cnc[nH]1)C(=O)N[C@H](Cc1ccccc1)C(=O)N[C@@H](CCCN=C(N)N)C(=O)N[C@@H](Cc1c[nH]c2ccccc12)C(=O)N[C@@H](CCCCN=[N+]=[N-])C(N)=O. The molecule has 0 fully saturated rings. The lowest BCUT2D eigenvalue weighted by molar-refractivity contribution is -0.135. The van der Waals surface area contributed by atoms with E-state index >= 15 is 0 Å². The van der Waals surface area contributed by atoms with E-state index in [9.17, 15) is 38.4 Å². The van der Waals surface area contributed by atoms with Crippen molar-refractivity contribution in [2.45, 2.75) is 133 Å². The molecule has 2 heterocycles. The number of carbonyl (C=O) groups excluding carboxylic acids is 8. The number of hydrogen-bond donors (Lipinski definition) is 12. The zero-order valence-corrected chi connectivity index (χ0v) is 42.7. The molecular formula is C51H69N17O8. The molecule has 7 atom stereocenters. The van der Waals surface area contributed by atoms with Crippen LogP contribution in [0.5, 0.6) is 0 Å². The predicted molar refractivity (Wildman–Crippen MR) is 284 cm³/mol. The second kappa shape index (κ2) is 31.6. The number of aromatic amines is 2. The number of unbranched alkanes of at least 4 members (excludes halogenated alkanes) is 2. The molecule has 4 aromatic rings.